The number of nitrogens with two attached hydrogens (primary N) is 1. The van der Waals surface area contributed by atoms with Gasteiger partial charge >= 0.3 is 0 Å². The van der Waals surface area contributed by atoms with Gasteiger partial charge in [0.05, 0.1) is 7.11 Å². The van der Waals surface area contributed by atoms with Crippen LogP contribution in [0.15, 0.2) is 29.6 Å². The van der Waals surface area contributed by atoms with Crippen LogP contribution >= 0.6 is 11.3 Å². The van der Waals surface area contributed by atoms with Crippen LogP contribution in [0, 0.1) is 0 Å². The molecule has 0 saturated carbocycles. The molecule has 1 heterocycles. The molecule has 2 N–H and O–H groups in total. The Labute approximate surface area is 141 Å². The molecule has 1 unspecified atom stereocenters. The zero-order chi connectivity index (χ0) is 16.8. The Balaban J connectivity index is 2.07. The molecule has 6 heteroatoms. The van der Waals surface area contributed by atoms with Gasteiger partial charge in [0, 0.05) is 24.5 Å². The molecule has 23 heavy (non-hydrogen) atoms. The highest BCUT2D eigenvalue weighted by atomic mass is 32.1. The lowest BCUT2D eigenvalue weighted by Crippen LogP contribution is -2.39. The summed E-state index contributed by atoms with van der Waals surface area (Å²) in [6.07, 6.45) is 0.789. The van der Waals surface area contributed by atoms with Crippen LogP contribution in [0.5, 0.6) is 5.75 Å². The maximum Gasteiger partial charge on any atom is 0.273 e. The van der Waals surface area contributed by atoms with E-state index < -0.39 is 0 Å². The predicted octanol–water partition coefficient (Wildman–Crippen LogP) is 2.70. The maximum atomic E-state index is 12.6. The number of thiazole rings is 1. The molecule has 0 aliphatic rings. The molecule has 124 valence electrons. The molecule has 0 aliphatic heterocycles. The topological polar surface area (TPSA) is 68.5 Å². The molecule has 0 fully saturated rings. The van der Waals surface area contributed by atoms with Crippen LogP contribution in [-0.4, -0.2) is 35.5 Å². The normalized spacial score (nSPS) is 12.0. The van der Waals surface area contributed by atoms with Crippen LogP contribution in [-0.2, 0) is 13.0 Å². The largest absolute Gasteiger partial charge is 0.497 e. The average Bonchev–Trinajstić information content (AvgIpc) is 3.05. The molecule has 0 aliphatic carbocycles. The van der Waals surface area contributed by atoms with Crippen molar-refractivity contribution in [1.82, 2.24) is 9.88 Å². The summed E-state index contributed by atoms with van der Waals surface area (Å²) in [6.45, 7) is 5.05. The zero-order valence-electron chi connectivity index (χ0n) is 13.8. The van der Waals surface area contributed by atoms with Crippen molar-refractivity contribution in [2.45, 2.75) is 32.9 Å². The standard InChI is InChI=1S/C17H23N3O2S/c1-4-20(17(21)15-11-23-16(10-18)19-15)12(2)9-13-5-7-14(22-3)8-6-13/h5-8,11-12H,4,9-10,18H2,1-3H3. The lowest BCUT2D eigenvalue weighted by atomic mass is 10.1. The molecule has 5 nitrogen and oxygen atoms in total. The number of benzene rings is 1. The summed E-state index contributed by atoms with van der Waals surface area (Å²) in [5.74, 6) is 0.797. The number of hydrogen-bond acceptors (Lipinski definition) is 5. The van der Waals surface area contributed by atoms with Crippen molar-refractivity contribution >= 4 is 17.2 Å². The highest BCUT2D eigenvalue weighted by Gasteiger charge is 2.22. The van der Waals surface area contributed by atoms with Crippen LogP contribution in [0.3, 0.4) is 0 Å². The minimum Gasteiger partial charge on any atom is -0.497 e. The number of rotatable bonds is 7. The third-order valence-electron chi connectivity index (χ3n) is 3.77. The summed E-state index contributed by atoms with van der Waals surface area (Å²) in [5, 5.41) is 2.57. The van der Waals surface area contributed by atoms with Crippen molar-refractivity contribution in [2.24, 2.45) is 5.73 Å². The van der Waals surface area contributed by atoms with Crippen LogP contribution in [0.4, 0.5) is 0 Å². The van der Waals surface area contributed by atoms with Gasteiger partial charge in [-0.2, -0.15) is 0 Å². The summed E-state index contributed by atoms with van der Waals surface area (Å²) in [6, 6.07) is 8.03. The van der Waals surface area contributed by atoms with E-state index in [0.717, 1.165) is 17.2 Å². The highest BCUT2D eigenvalue weighted by molar-refractivity contribution is 7.09. The van der Waals surface area contributed by atoms with Crippen molar-refractivity contribution in [3.63, 3.8) is 0 Å². The smallest absolute Gasteiger partial charge is 0.273 e. The van der Waals surface area contributed by atoms with E-state index in [-0.39, 0.29) is 11.9 Å². The van der Waals surface area contributed by atoms with E-state index >= 15 is 0 Å². The Morgan fingerprint density at radius 2 is 2.09 bits per heavy atom. The number of likely N-dealkylation sites (N-methyl/N-ethyl adjacent to an activating group) is 1. The van der Waals surface area contributed by atoms with Crippen LogP contribution in [0.1, 0.15) is 34.9 Å². The molecule has 0 radical (unpaired) electrons. The maximum absolute atomic E-state index is 12.6. The third kappa shape index (κ3) is 4.30. The van der Waals surface area contributed by atoms with E-state index in [1.54, 1.807) is 12.5 Å². The number of carbonyl (C=O) groups excluding carboxylic acids is 1. The van der Waals surface area contributed by atoms with Gasteiger partial charge in [-0.3, -0.25) is 4.79 Å². The highest BCUT2D eigenvalue weighted by Crippen LogP contribution is 2.17. The first-order valence-corrected chi connectivity index (χ1v) is 8.55. The summed E-state index contributed by atoms with van der Waals surface area (Å²) in [7, 11) is 1.65. The number of methoxy groups -OCH3 is 1. The van der Waals surface area contributed by atoms with Gasteiger partial charge < -0.3 is 15.4 Å². The molecule has 0 spiro atoms. The summed E-state index contributed by atoms with van der Waals surface area (Å²) >= 11 is 1.43. The number of amides is 1. The molecule has 1 amide bonds. The average molecular weight is 333 g/mol. The fraction of sp³-hybridized carbons (Fsp3) is 0.412. The second-order valence-electron chi connectivity index (χ2n) is 5.32. The van der Waals surface area contributed by atoms with E-state index in [4.69, 9.17) is 10.5 Å². The first-order valence-electron chi connectivity index (χ1n) is 7.67. The van der Waals surface area contributed by atoms with Gasteiger partial charge in [0.1, 0.15) is 16.5 Å². The fourth-order valence-electron chi connectivity index (χ4n) is 2.52. The predicted molar refractivity (Wildman–Crippen MR) is 92.9 cm³/mol. The van der Waals surface area contributed by atoms with E-state index in [1.807, 2.05) is 36.1 Å². The van der Waals surface area contributed by atoms with Gasteiger partial charge in [-0.05, 0) is 38.0 Å². The van der Waals surface area contributed by atoms with Gasteiger partial charge in [0.15, 0.2) is 0 Å². The Hall–Kier alpha value is -1.92. The molecule has 2 rings (SSSR count). The summed E-state index contributed by atoms with van der Waals surface area (Å²) < 4.78 is 5.17. The third-order valence-corrected chi connectivity index (χ3v) is 4.64. The lowest BCUT2D eigenvalue weighted by Gasteiger charge is -2.27. The summed E-state index contributed by atoms with van der Waals surface area (Å²) in [5.41, 5.74) is 7.23. The van der Waals surface area contributed by atoms with Gasteiger partial charge in [-0.15, -0.1) is 11.3 Å². The first kappa shape index (κ1) is 17.4. The van der Waals surface area contributed by atoms with Gasteiger partial charge in [0.2, 0.25) is 0 Å². The van der Waals surface area contributed by atoms with E-state index in [1.165, 1.54) is 16.9 Å². The van der Waals surface area contributed by atoms with Crippen molar-refractivity contribution in [3.8, 4) is 5.75 Å². The molecular weight excluding hydrogens is 310 g/mol. The molecule has 2 aromatic rings. The second-order valence-corrected chi connectivity index (χ2v) is 6.27. The van der Waals surface area contributed by atoms with Crippen molar-refractivity contribution in [2.75, 3.05) is 13.7 Å². The Kier molecular flexibility index (Phi) is 6.12. The van der Waals surface area contributed by atoms with Crippen LogP contribution < -0.4 is 10.5 Å². The Morgan fingerprint density at radius 1 is 1.39 bits per heavy atom. The number of aromatic nitrogens is 1. The second kappa shape index (κ2) is 8.08. The molecule has 0 bridgehead atoms. The van der Waals surface area contributed by atoms with Gasteiger partial charge in [0.25, 0.3) is 5.91 Å². The fourth-order valence-corrected chi connectivity index (χ4v) is 3.17. The Morgan fingerprint density at radius 3 is 2.61 bits per heavy atom. The molecule has 1 aromatic heterocycles. The monoisotopic (exact) mass is 333 g/mol. The molecule has 1 atom stereocenters. The molecule has 0 saturated heterocycles. The number of carbonyl (C=O) groups is 1. The van der Waals surface area contributed by atoms with E-state index in [2.05, 4.69) is 11.9 Å². The van der Waals surface area contributed by atoms with Crippen molar-refractivity contribution < 1.29 is 9.53 Å². The van der Waals surface area contributed by atoms with Crippen molar-refractivity contribution in [1.29, 1.82) is 0 Å². The van der Waals surface area contributed by atoms with Crippen LogP contribution in [0.25, 0.3) is 0 Å². The Bertz CT molecular complexity index is 640. The lowest BCUT2D eigenvalue weighted by molar-refractivity contribution is 0.0698. The quantitative estimate of drug-likeness (QED) is 0.846. The molecule has 1 aromatic carbocycles. The number of nitrogens with zero attached hydrogens (tertiary/aromatic N) is 2. The number of hydrogen-bond donors (Lipinski definition) is 1. The van der Waals surface area contributed by atoms with Gasteiger partial charge in [-0.1, -0.05) is 12.1 Å². The van der Waals surface area contributed by atoms with Crippen LogP contribution in [0.2, 0.25) is 0 Å². The summed E-state index contributed by atoms with van der Waals surface area (Å²) in [4.78, 5) is 18.8. The van der Waals surface area contributed by atoms with E-state index in [0.29, 0.717) is 18.8 Å². The zero-order valence-corrected chi connectivity index (χ0v) is 14.6. The minimum absolute atomic E-state index is 0.0375. The first-order chi connectivity index (χ1) is 11.1. The van der Waals surface area contributed by atoms with Crippen molar-refractivity contribution in [3.05, 3.63) is 45.9 Å². The molecular formula is C17H23N3O2S. The number of ether oxygens (including phenoxy) is 1. The minimum atomic E-state index is -0.0375. The SMILES string of the molecule is CCN(C(=O)c1csc(CN)n1)C(C)Cc1ccc(OC)cc1. The van der Waals surface area contributed by atoms with Gasteiger partial charge in [-0.25, -0.2) is 4.98 Å². The van der Waals surface area contributed by atoms with E-state index in [9.17, 15) is 4.79 Å².